The molecule has 0 spiro atoms. The molecule has 98 valence electrons. The number of carbonyl (C=O) groups is 1. The Bertz CT molecular complexity index is 615. The van der Waals surface area contributed by atoms with Crippen molar-refractivity contribution in [2.45, 2.75) is 0 Å². The van der Waals surface area contributed by atoms with Crippen molar-refractivity contribution in [2.75, 3.05) is 7.11 Å². The zero-order valence-corrected chi connectivity index (χ0v) is 11.5. The average Bonchev–Trinajstić information content (AvgIpc) is 2.41. The molecule has 0 unspecified atom stereocenters. The number of pyridine rings is 1. The van der Waals surface area contributed by atoms with E-state index in [2.05, 4.69) is 20.9 Å². The Morgan fingerprint density at radius 3 is 2.68 bits per heavy atom. The Balaban J connectivity index is 2.40. The second-order valence-electron chi connectivity index (χ2n) is 3.58. The molecule has 0 amide bonds. The van der Waals surface area contributed by atoms with E-state index in [1.54, 1.807) is 24.5 Å². The van der Waals surface area contributed by atoms with Crippen LogP contribution in [0.3, 0.4) is 0 Å². The van der Waals surface area contributed by atoms with E-state index < -0.39 is 5.97 Å². The second kappa shape index (κ2) is 5.71. The van der Waals surface area contributed by atoms with Gasteiger partial charge >= 0.3 is 5.97 Å². The van der Waals surface area contributed by atoms with Gasteiger partial charge in [0.1, 0.15) is 5.75 Å². The molecule has 0 aliphatic heterocycles. The number of carboxylic acids is 1. The van der Waals surface area contributed by atoms with Crippen LogP contribution in [0.1, 0.15) is 10.4 Å². The summed E-state index contributed by atoms with van der Waals surface area (Å²) in [4.78, 5) is 14.9. The van der Waals surface area contributed by atoms with Gasteiger partial charge in [0.25, 0.3) is 0 Å². The second-order valence-corrected chi connectivity index (χ2v) is 4.43. The number of ether oxygens (including phenoxy) is 2. The molecule has 0 fully saturated rings. The maximum absolute atomic E-state index is 11.0. The maximum atomic E-state index is 11.0. The minimum absolute atomic E-state index is 0.126. The van der Waals surface area contributed by atoms with Crippen molar-refractivity contribution >= 4 is 21.9 Å². The zero-order chi connectivity index (χ0) is 13.8. The maximum Gasteiger partial charge on any atom is 0.335 e. The van der Waals surface area contributed by atoms with Crippen molar-refractivity contribution in [1.82, 2.24) is 4.98 Å². The quantitative estimate of drug-likeness (QED) is 0.934. The SMILES string of the molecule is COc1ccc(C(=O)O)cc1Oc1ccncc1Br. The molecule has 1 aromatic heterocycles. The average molecular weight is 324 g/mol. The summed E-state index contributed by atoms with van der Waals surface area (Å²) < 4.78 is 11.5. The highest BCUT2D eigenvalue weighted by Crippen LogP contribution is 2.35. The van der Waals surface area contributed by atoms with Crippen LogP contribution in [0.4, 0.5) is 0 Å². The van der Waals surface area contributed by atoms with Gasteiger partial charge in [-0.3, -0.25) is 4.98 Å². The normalized spacial score (nSPS) is 10.0. The molecular formula is C13H10BrNO4. The van der Waals surface area contributed by atoms with Crippen LogP contribution in [0.2, 0.25) is 0 Å². The molecule has 0 aliphatic carbocycles. The van der Waals surface area contributed by atoms with Gasteiger partial charge in [-0.2, -0.15) is 0 Å². The van der Waals surface area contributed by atoms with E-state index in [1.807, 2.05) is 0 Å². The van der Waals surface area contributed by atoms with E-state index in [1.165, 1.54) is 19.2 Å². The number of hydrogen-bond donors (Lipinski definition) is 1. The summed E-state index contributed by atoms with van der Waals surface area (Å²) in [5.41, 5.74) is 0.126. The number of carboxylic acid groups (broad SMARTS) is 1. The zero-order valence-electron chi connectivity index (χ0n) is 9.96. The lowest BCUT2D eigenvalue weighted by Gasteiger charge is -2.11. The van der Waals surface area contributed by atoms with Gasteiger partial charge in [0.05, 0.1) is 17.1 Å². The smallest absolute Gasteiger partial charge is 0.335 e. The number of aromatic nitrogens is 1. The summed E-state index contributed by atoms with van der Waals surface area (Å²) in [7, 11) is 1.49. The molecule has 6 heteroatoms. The van der Waals surface area contributed by atoms with Gasteiger partial charge in [-0.15, -0.1) is 0 Å². The third kappa shape index (κ3) is 3.03. The lowest BCUT2D eigenvalue weighted by molar-refractivity contribution is 0.0696. The van der Waals surface area contributed by atoms with E-state index in [9.17, 15) is 4.79 Å². The highest BCUT2D eigenvalue weighted by atomic mass is 79.9. The highest BCUT2D eigenvalue weighted by molar-refractivity contribution is 9.10. The first-order valence-electron chi connectivity index (χ1n) is 5.30. The van der Waals surface area contributed by atoms with Crippen molar-refractivity contribution < 1.29 is 19.4 Å². The summed E-state index contributed by atoms with van der Waals surface area (Å²) in [6, 6.07) is 6.08. The van der Waals surface area contributed by atoms with Gasteiger partial charge < -0.3 is 14.6 Å². The lowest BCUT2D eigenvalue weighted by Crippen LogP contribution is -1.98. The summed E-state index contributed by atoms with van der Waals surface area (Å²) in [6.07, 6.45) is 3.16. The third-order valence-electron chi connectivity index (χ3n) is 2.37. The number of hydrogen-bond acceptors (Lipinski definition) is 4. The van der Waals surface area contributed by atoms with Crippen LogP contribution in [0.15, 0.2) is 41.1 Å². The fourth-order valence-electron chi connectivity index (χ4n) is 1.45. The highest BCUT2D eigenvalue weighted by Gasteiger charge is 2.12. The first kappa shape index (κ1) is 13.4. The number of nitrogens with zero attached hydrogens (tertiary/aromatic N) is 1. The number of methoxy groups -OCH3 is 1. The van der Waals surface area contributed by atoms with Crippen LogP contribution in [-0.2, 0) is 0 Å². The molecule has 2 aromatic rings. The molecule has 0 atom stereocenters. The van der Waals surface area contributed by atoms with Crippen LogP contribution in [0.5, 0.6) is 17.2 Å². The van der Waals surface area contributed by atoms with Crippen LogP contribution in [0.25, 0.3) is 0 Å². The van der Waals surface area contributed by atoms with Gasteiger partial charge in [-0.25, -0.2) is 4.79 Å². The Kier molecular flexibility index (Phi) is 4.01. The molecule has 0 saturated heterocycles. The fourth-order valence-corrected chi connectivity index (χ4v) is 1.78. The van der Waals surface area contributed by atoms with E-state index in [4.69, 9.17) is 14.6 Å². The fraction of sp³-hybridized carbons (Fsp3) is 0.0769. The molecule has 0 bridgehead atoms. The topological polar surface area (TPSA) is 68.7 Å². The monoisotopic (exact) mass is 323 g/mol. The largest absolute Gasteiger partial charge is 0.493 e. The minimum Gasteiger partial charge on any atom is -0.493 e. The molecule has 1 aromatic carbocycles. The van der Waals surface area contributed by atoms with Crippen molar-refractivity contribution in [3.8, 4) is 17.2 Å². The molecule has 0 saturated carbocycles. The molecule has 5 nitrogen and oxygen atoms in total. The Labute approximate surface area is 117 Å². The van der Waals surface area contributed by atoms with Gasteiger partial charge in [-0.05, 0) is 34.1 Å². The minimum atomic E-state index is -1.03. The van der Waals surface area contributed by atoms with E-state index in [0.29, 0.717) is 21.7 Å². The predicted molar refractivity (Wildman–Crippen MR) is 72.0 cm³/mol. The summed E-state index contributed by atoms with van der Waals surface area (Å²) in [5.74, 6) is 0.278. The molecule has 0 aliphatic rings. The van der Waals surface area contributed by atoms with Crippen LogP contribution < -0.4 is 9.47 Å². The van der Waals surface area contributed by atoms with Crippen LogP contribution in [0, 0.1) is 0 Å². The van der Waals surface area contributed by atoms with Crippen molar-refractivity contribution in [1.29, 1.82) is 0 Å². The van der Waals surface area contributed by atoms with Crippen molar-refractivity contribution in [3.63, 3.8) is 0 Å². The van der Waals surface area contributed by atoms with Crippen molar-refractivity contribution in [3.05, 3.63) is 46.7 Å². The number of halogens is 1. The lowest BCUT2D eigenvalue weighted by atomic mass is 10.2. The van der Waals surface area contributed by atoms with Gasteiger partial charge in [-0.1, -0.05) is 0 Å². The molecule has 1 heterocycles. The molecule has 19 heavy (non-hydrogen) atoms. The number of rotatable bonds is 4. The summed E-state index contributed by atoms with van der Waals surface area (Å²) >= 11 is 3.30. The van der Waals surface area contributed by atoms with Gasteiger partial charge in [0.15, 0.2) is 11.5 Å². The van der Waals surface area contributed by atoms with E-state index >= 15 is 0 Å². The van der Waals surface area contributed by atoms with Crippen molar-refractivity contribution in [2.24, 2.45) is 0 Å². The van der Waals surface area contributed by atoms with Gasteiger partial charge in [0.2, 0.25) is 0 Å². The van der Waals surface area contributed by atoms with Crippen LogP contribution >= 0.6 is 15.9 Å². The first-order valence-corrected chi connectivity index (χ1v) is 6.10. The molecule has 0 radical (unpaired) electrons. The molecular weight excluding hydrogens is 314 g/mol. The third-order valence-corrected chi connectivity index (χ3v) is 2.96. The molecule has 1 N–H and O–H groups in total. The Morgan fingerprint density at radius 2 is 2.05 bits per heavy atom. The van der Waals surface area contributed by atoms with E-state index in [-0.39, 0.29) is 5.56 Å². The summed E-state index contributed by atoms with van der Waals surface area (Å²) in [6.45, 7) is 0. The molecule has 2 rings (SSSR count). The standard InChI is InChI=1S/C13H10BrNO4/c1-18-11-3-2-8(13(16)17)6-12(11)19-10-4-5-15-7-9(10)14/h2-7H,1H3,(H,16,17). The summed E-state index contributed by atoms with van der Waals surface area (Å²) in [5, 5.41) is 8.98. The Hall–Kier alpha value is -2.08. The predicted octanol–water partition coefficient (Wildman–Crippen LogP) is 3.34. The van der Waals surface area contributed by atoms with Gasteiger partial charge in [0, 0.05) is 18.5 Å². The number of aromatic carboxylic acids is 1. The Morgan fingerprint density at radius 1 is 1.26 bits per heavy atom. The number of benzene rings is 1. The van der Waals surface area contributed by atoms with Crippen LogP contribution in [-0.4, -0.2) is 23.2 Å². The van der Waals surface area contributed by atoms with E-state index in [0.717, 1.165) is 0 Å². The first-order chi connectivity index (χ1) is 9.11.